The minimum atomic E-state index is -3.63. The Labute approximate surface area is 84.2 Å². The molecule has 2 N–H and O–H groups in total. The summed E-state index contributed by atoms with van der Waals surface area (Å²) in [6, 6.07) is 3.16. The van der Waals surface area contributed by atoms with Gasteiger partial charge in [0.05, 0.1) is 0 Å². The number of nitrogens with two attached hydrogens (primary N) is 1. The van der Waals surface area contributed by atoms with E-state index in [0.29, 0.717) is 0 Å². The molecule has 0 spiro atoms. The van der Waals surface area contributed by atoms with Crippen LogP contribution < -0.4 is 5.14 Å². The van der Waals surface area contributed by atoms with E-state index in [1.807, 2.05) is 20.8 Å². The van der Waals surface area contributed by atoms with E-state index in [-0.39, 0.29) is 10.3 Å². The Morgan fingerprint density at radius 3 is 2.14 bits per heavy atom. The zero-order chi connectivity index (χ0) is 11.0. The second kappa shape index (κ2) is 3.33. The van der Waals surface area contributed by atoms with E-state index >= 15 is 0 Å². The molecule has 0 aliphatic heterocycles. The van der Waals surface area contributed by atoms with Crippen molar-refractivity contribution in [2.45, 2.75) is 31.1 Å². The van der Waals surface area contributed by atoms with Crippen LogP contribution in [-0.4, -0.2) is 13.4 Å². The summed E-state index contributed by atoms with van der Waals surface area (Å²) in [6.45, 7) is 6.02. The molecule has 1 heterocycles. The molecule has 0 saturated heterocycles. The molecule has 1 rings (SSSR count). The lowest BCUT2D eigenvalue weighted by Crippen LogP contribution is -2.16. The van der Waals surface area contributed by atoms with Crippen molar-refractivity contribution in [1.82, 2.24) is 4.98 Å². The summed E-state index contributed by atoms with van der Waals surface area (Å²) >= 11 is 0. The average molecular weight is 214 g/mol. The monoisotopic (exact) mass is 214 g/mol. The molecule has 0 unspecified atom stereocenters. The smallest absolute Gasteiger partial charge is 0.239 e. The first-order valence-corrected chi connectivity index (χ1v) is 5.75. The summed E-state index contributed by atoms with van der Waals surface area (Å²) < 4.78 is 21.9. The average Bonchev–Trinajstić information content (AvgIpc) is 2.01. The van der Waals surface area contributed by atoms with E-state index in [2.05, 4.69) is 4.98 Å². The summed E-state index contributed by atoms with van der Waals surface area (Å²) in [7, 11) is -3.63. The van der Waals surface area contributed by atoms with E-state index in [9.17, 15) is 8.42 Å². The van der Waals surface area contributed by atoms with Gasteiger partial charge < -0.3 is 0 Å². The maximum atomic E-state index is 10.9. The standard InChI is InChI=1S/C9H14N2O2S/c1-9(2,3)8-5-4-7(6-11-8)14(10,12)13/h4-6H,1-3H3,(H2,10,12,13). The van der Waals surface area contributed by atoms with E-state index < -0.39 is 10.0 Å². The molecular weight excluding hydrogens is 200 g/mol. The van der Waals surface area contributed by atoms with Crippen molar-refractivity contribution in [3.05, 3.63) is 24.0 Å². The minimum Gasteiger partial charge on any atom is -0.259 e. The van der Waals surface area contributed by atoms with E-state index in [0.717, 1.165) is 5.69 Å². The Kier molecular flexibility index (Phi) is 2.65. The van der Waals surface area contributed by atoms with Crippen molar-refractivity contribution in [3.8, 4) is 0 Å². The van der Waals surface area contributed by atoms with Crippen LogP contribution in [-0.2, 0) is 15.4 Å². The van der Waals surface area contributed by atoms with Gasteiger partial charge in [0.1, 0.15) is 4.90 Å². The molecule has 78 valence electrons. The normalized spacial score (nSPS) is 12.9. The zero-order valence-electron chi connectivity index (χ0n) is 8.48. The highest BCUT2D eigenvalue weighted by Crippen LogP contribution is 2.20. The molecule has 14 heavy (non-hydrogen) atoms. The Morgan fingerprint density at radius 1 is 1.29 bits per heavy atom. The third-order valence-corrected chi connectivity index (χ3v) is 2.73. The van der Waals surface area contributed by atoms with Crippen molar-refractivity contribution in [3.63, 3.8) is 0 Å². The number of rotatable bonds is 1. The number of sulfonamides is 1. The molecule has 0 radical (unpaired) electrons. The first kappa shape index (κ1) is 11.1. The van der Waals surface area contributed by atoms with Crippen LogP contribution in [0.15, 0.2) is 23.2 Å². The fourth-order valence-corrected chi connectivity index (χ4v) is 1.45. The molecular formula is C9H14N2O2S. The van der Waals surface area contributed by atoms with Gasteiger partial charge in [-0.1, -0.05) is 20.8 Å². The molecule has 1 aromatic rings. The second-order valence-electron chi connectivity index (χ2n) is 4.17. The van der Waals surface area contributed by atoms with Crippen LogP contribution in [0.2, 0.25) is 0 Å². The third kappa shape index (κ3) is 2.52. The first-order chi connectivity index (χ1) is 6.21. The van der Waals surface area contributed by atoms with E-state index in [1.165, 1.54) is 12.3 Å². The van der Waals surface area contributed by atoms with Crippen molar-refractivity contribution in [1.29, 1.82) is 0 Å². The van der Waals surface area contributed by atoms with Crippen molar-refractivity contribution in [2.75, 3.05) is 0 Å². The lowest BCUT2D eigenvalue weighted by molar-refractivity contribution is 0.565. The third-order valence-electron chi connectivity index (χ3n) is 1.83. The summed E-state index contributed by atoms with van der Waals surface area (Å²) in [5.41, 5.74) is 0.751. The lowest BCUT2D eigenvalue weighted by atomic mass is 9.92. The quantitative estimate of drug-likeness (QED) is 0.758. The molecule has 0 saturated carbocycles. The Bertz CT molecular complexity index is 415. The van der Waals surface area contributed by atoms with Crippen LogP contribution >= 0.6 is 0 Å². The summed E-state index contributed by atoms with van der Waals surface area (Å²) in [5, 5.41) is 4.95. The van der Waals surface area contributed by atoms with Gasteiger partial charge in [0.15, 0.2) is 0 Å². The summed E-state index contributed by atoms with van der Waals surface area (Å²) in [4.78, 5) is 4.10. The Hall–Kier alpha value is -0.940. The van der Waals surface area contributed by atoms with Gasteiger partial charge in [0.25, 0.3) is 0 Å². The second-order valence-corrected chi connectivity index (χ2v) is 5.74. The maximum Gasteiger partial charge on any atom is 0.239 e. The number of hydrogen-bond acceptors (Lipinski definition) is 3. The molecule has 4 nitrogen and oxygen atoms in total. The van der Waals surface area contributed by atoms with Crippen LogP contribution in [0, 0.1) is 0 Å². The molecule has 0 aliphatic rings. The van der Waals surface area contributed by atoms with Gasteiger partial charge >= 0.3 is 0 Å². The van der Waals surface area contributed by atoms with Gasteiger partial charge in [-0.25, -0.2) is 13.6 Å². The largest absolute Gasteiger partial charge is 0.259 e. The lowest BCUT2D eigenvalue weighted by Gasteiger charge is -2.17. The predicted octanol–water partition coefficient (Wildman–Crippen LogP) is 1.03. The Balaban J connectivity index is 3.14. The van der Waals surface area contributed by atoms with Gasteiger partial charge in [0.2, 0.25) is 10.0 Å². The Morgan fingerprint density at radius 2 is 1.86 bits per heavy atom. The van der Waals surface area contributed by atoms with Gasteiger partial charge in [-0.3, -0.25) is 4.98 Å². The van der Waals surface area contributed by atoms with E-state index in [1.54, 1.807) is 6.07 Å². The highest BCUT2D eigenvalue weighted by atomic mass is 32.2. The maximum absolute atomic E-state index is 10.9. The van der Waals surface area contributed by atoms with Crippen LogP contribution in [0.25, 0.3) is 0 Å². The van der Waals surface area contributed by atoms with Gasteiger partial charge in [0, 0.05) is 17.3 Å². The predicted molar refractivity (Wildman–Crippen MR) is 54.3 cm³/mol. The molecule has 5 heteroatoms. The number of nitrogens with zero attached hydrogens (tertiary/aromatic N) is 1. The van der Waals surface area contributed by atoms with Crippen molar-refractivity contribution in [2.24, 2.45) is 5.14 Å². The van der Waals surface area contributed by atoms with Crippen molar-refractivity contribution < 1.29 is 8.42 Å². The SMILES string of the molecule is CC(C)(C)c1ccc(S(N)(=O)=O)cn1. The molecule has 0 bridgehead atoms. The minimum absolute atomic E-state index is 0.0468. The van der Waals surface area contributed by atoms with Crippen LogP contribution in [0.5, 0.6) is 0 Å². The topological polar surface area (TPSA) is 73.1 Å². The molecule has 0 amide bonds. The molecule has 0 fully saturated rings. The highest BCUT2D eigenvalue weighted by Gasteiger charge is 2.16. The first-order valence-electron chi connectivity index (χ1n) is 4.20. The molecule has 0 aromatic carbocycles. The molecule has 0 aliphatic carbocycles. The zero-order valence-corrected chi connectivity index (χ0v) is 9.30. The molecule has 1 aromatic heterocycles. The van der Waals surface area contributed by atoms with Crippen molar-refractivity contribution >= 4 is 10.0 Å². The fraction of sp³-hybridized carbons (Fsp3) is 0.444. The fourth-order valence-electron chi connectivity index (χ4n) is 0.992. The highest BCUT2D eigenvalue weighted by molar-refractivity contribution is 7.89. The number of hydrogen-bond donors (Lipinski definition) is 1. The van der Waals surface area contributed by atoms with Crippen LogP contribution in [0.4, 0.5) is 0 Å². The van der Waals surface area contributed by atoms with Gasteiger partial charge in [-0.05, 0) is 12.1 Å². The number of primary sulfonamides is 1. The van der Waals surface area contributed by atoms with Gasteiger partial charge in [-0.15, -0.1) is 0 Å². The van der Waals surface area contributed by atoms with Crippen LogP contribution in [0.1, 0.15) is 26.5 Å². The number of aromatic nitrogens is 1. The molecule has 0 atom stereocenters. The van der Waals surface area contributed by atoms with Gasteiger partial charge in [-0.2, -0.15) is 0 Å². The number of pyridine rings is 1. The van der Waals surface area contributed by atoms with Crippen LogP contribution in [0.3, 0.4) is 0 Å². The summed E-state index contributed by atoms with van der Waals surface area (Å²) in [6.07, 6.45) is 1.29. The summed E-state index contributed by atoms with van der Waals surface area (Å²) in [5.74, 6) is 0. The van der Waals surface area contributed by atoms with E-state index in [4.69, 9.17) is 5.14 Å².